The molecule has 0 aliphatic carbocycles. The van der Waals surface area contributed by atoms with Gasteiger partial charge in [0.1, 0.15) is 0 Å². The molecule has 2 saturated heterocycles. The summed E-state index contributed by atoms with van der Waals surface area (Å²) in [6.45, 7) is 8.85. The fraction of sp³-hybridized carbons (Fsp3) is 0.611. The minimum absolute atomic E-state index is 0.108. The third-order valence-electron chi connectivity index (χ3n) is 4.89. The molecular weight excluding hydrogens is 334 g/mol. The van der Waals surface area contributed by atoms with Crippen molar-refractivity contribution >= 4 is 11.6 Å². The molecule has 1 unspecified atom stereocenters. The summed E-state index contributed by atoms with van der Waals surface area (Å²) >= 11 is 0. The maximum atomic E-state index is 10.9. The summed E-state index contributed by atoms with van der Waals surface area (Å²) in [5.74, 6) is 0.884. The van der Waals surface area contributed by atoms with E-state index < -0.39 is 0 Å². The largest absolute Gasteiger partial charge is 0.379 e. The number of rotatable bonds is 5. The topological polar surface area (TPSA) is 83.2 Å². The van der Waals surface area contributed by atoms with Gasteiger partial charge in [-0.25, -0.2) is 4.99 Å². The summed E-state index contributed by atoms with van der Waals surface area (Å²) in [4.78, 5) is 20.1. The number of non-ortho nitro benzene ring substituents is 1. The Morgan fingerprint density at radius 3 is 2.92 bits per heavy atom. The number of benzene rings is 1. The summed E-state index contributed by atoms with van der Waals surface area (Å²) in [7, 11) is 0. The van der Waals surface area contributed by atoms with Crippen molar-refractivity contribution in [2.45, 2.75) is 25.9 Å². The van der Waals surface area contributed by atoms with Crippen molar-refractivity contribution in [3.8, 4) is 0 Å². The van der Waals surface area contributed by atoms with Crippen molar-refractivity contribution in [3.05, 3.63) is 39.9 Å². The van der Waals surface area contributed by atoms with Crippen LogP contribution >= 0.6 is 0 Å². The summed E-state index contributed by atoms with van der Waals surface area (Å²) in [6, 6.07) is 7.22. The standard InChI is InChI=1S/C18H27N5O3/c1-2-19-18(20-13-15-4-3-5-16(12-15)23(24)25)22-7-6-17(14-22)21-8-10-26-11-9-21/h3-5,12,17H,2,6-11,13-14H2,1H3,(H,19,20). The number of aliphatic imine (C=N–C) groups is 1. The van der Waals surface area contributed by atoms with Gasteiger partial charge in [-0.2, -0.15) is 0 Å². The molecule has 3 rings (SSSR count). The lowest BCUT2D eigenvalue weighted by Gasteiger charge is -2.32. The molecule has 0 spiro atoms. The van der Waals surface area contributed by atoms with E-state index in [9.17, 15) is 10.1 Å². The van der Waals surface area contributed by atoms with E-state index in [1.54, 1.807) is 12.1 Å². The van der Waals surface area contributed by atoms with Gasteiger partial charge in [-0.3, -0.25) is 15.0 Å². The highest BCUT2D eigenvalue weighted by molar-refractivity contribution is 5.80. The zero-order valence-electron chi connectivity index (χ0n) is 15.3. The Balaban J connectivity index is 1.64. The average Bonchev–Trinajstić information content (AvgIpc) is 3.16. The molecule has 0 saturated carbocycles. The summed E-state index contributed by atoms with van der Waals surface area (Å²) in [5.41, 5.74) is 0.954. The Morgan fingerprint density at radius 1 is 1.38 bits per heavy atom. The van der Waals surface area contributed by atoms with Gasteiger partial charge in [0.25, 0.3) is 5.69 Å². The second kappa shape index (κ2) is 8.95. The average molecular weight is 361 g/mol. The van der Waals surface area contributed by atoms with Crippen LogP contribution in [0.2, 0.25) is 0 Å². The third kappa shape index (κ3) is 4.70. The lowest BCUT2D eigenvalue weighted by molar-refractivity contribution is -0.384. The second-order valence-corrected chi connectivity index (χ2v) is 6.63. The lowest BCUT2D eigenvalue weighted by atomic mass is 10.2. The normalized spacial score (nSPS) is 21.8. The number of nitrogens with zero attached hydrogens (tertiary/aromatic N) is 4. The Labute approximate surface area is 154 Å². The molecule has 0 aromatic heterocycles. The fourth-order valence-electron chi connectivity index (χ4n) is 3.54. The molecule has 0 amide bonds. The number of nitro groups is 1. The van der Waals surface area contributed by atoms with E-state index in [0.717, 1.165) is 63.9 Å². The van der Waals surface area contributed by atoms with Crippen LogP contribution in [0.15, 0.2) is 29.3 Å². The quantitative estimate of drug-likeness (QED) is 0.370. The molecule has 2 aliphatic heterocycles. The number of ether oxygens (including phenoxy) is 1. The third-order valence-corrected chi connectivity index (χ3v) is 4.89. The first-order valence-electron chi connectivity index (χ1n) is 9.25. The van der Waals surface area contributed by atoms with Gasteiger partial charge >= 0.3 is 0 Å². The van der Waals surface area contributed by atoms with Gasteiger partial charge in [0, 0.05) is 50.9 Å². The van der Waals surface area contributed by atoms with E-state index in [1.165, 1.54) is 6.07 Å². The molecule has 1 atom stereocenters. The second-order valence-electron chi connectivity index (χ2n) is 6.63. The minimum Gasteiger partial charge on any atom is -0.379 e. The molecule has 2 fully saturated rings. The van der Waals surface area contributed by atoms with Gasteiger partial charge in [-0.1, -0.05) is 12.1 Å². The van der Waals surface area contributed by atoms with Crippen LogP contribution < -0.4 is 5.32 Å². The van der Waals surface area contributed by atoms with Crippen molar-refractivity contribution in [1.29, 1.82) is 0 Å². The van der Waals surface area contributed by atoms with Crippen molar-refractivity contribution in [2.24, 2.45) is 4.99 Å². The van der Waals surface area contributed by atoms with E-state index in [1.807, 2.05) is 6.07 Å². The number of hydrogen-bond donors (Lipinski definition) is 1. The molecule has 142 valence electrons. The van der Waals surface area contributed by atoms with E-state index in [4.69, 9.17) is 9.73 Å². The van der Waals surface area contributed by atoms with Crippen molar-refractivity contribution < 1.29 is 9.66 Å². The zero-order valence-corrected chi connectivity index (χ0v) is 15.3. The van der Waals surface area contributed by atoms with E-state index in [2.05, 4.69) is 22.0 Å². The van der Waals surface area contributed by atoms with E-state index >= 15 is 0 Å². The van der Waals surface area contributed by atoms with Crippen LogP contribution in [-0.2, 0) is 11.3 Å². The molecule has 8 nitrogen and oxygen atoms in total. The Hall–Kier alpha value is -2.19. The van der Waals surface area contributed by atoms with E-state index in [0.29, 0.717) is 12.6 Å². The number of guanidine groups is 1. The van der Waals surface area contributed by atoms with Crippen LogP contribution in [0.1, 0.15) is 18.9 Å². The van der Waals surface area contributed by atoms with Gasteiger partial charge in [-0.15, -0.1) is 0 Å². The van der Waals surface area contributed by atoms with Gasteiger partial charge in [-0.05, 0) is 18.9 Å². The fourth-order valence-corrected chi connectivity index (χ4v) is 3.54. The van der Waals surface area contributed by atoms with Crippen LogP contribution in [0.5, 0.6) is 0 Å². The number of nitro benzene ring substituents is 1. The maximum absolute atomic E-state index is 10.9. The first kappa shape index (κ1) is 18.6. The smallest absolute Gasteiger partial charge is 0.269 e. The van der Waals surface area contributed by atoms with Crippen LogP contribution in [0.4, 0.5) is 5.69 Å². The maximum Gasteiger partial charge on any atom is 0.269 e. The van der Waals surface area contributed by atoms with Crippen LogP contribution in [0, 0.1) is 10.1 Å². The molecule has 0 radical (unpaired) electrons. The van der Waals surface area contributed by atoms with Crippen molar-refractivity contribution in [3.63, 3.8) is 0 Å². The minimum atomic E-state index is -0.369. The SMILES string of the molecule is CCNC(=NCc1cccc([N+](=O)[O-])c1)N1CCC(N2CCOCC2)C1. The number of hydrogen-bond acceptors (Lipinski definition) is 5. The highest BCUT2D eigenvalue weighted by Gasteiger charge is 2.30. The van der Waals surface area contributed by atoms with Gasteiger partial charge in [0.05, 0.1) is 24.7 Å². The van der Waals surface area contributed by atoms with Crippen LogP contribution in [0.3, 0.4) is 0 Å². The Kier molecular flexibility index (Phi) is 6.40. The zero-order chi connectivity index (χ0) is 18.4. The summed E-state index contributed by atoms with van der Waals surface area (Å²) in [5, 5.41) is 14.3. The molecule has 1 aromatic carbocycles. The lowest BCUT2D eigenvalue weighted by Crippen LogP contribution is -2.46. The molecule has 0 bridgehead atoms. The highest BCUT2D eigenvalue weighted by atomic mass is 16.6. The monoisotopic (exact) mass is 361 g/mol. The van der Waals surface area contributed by atoms with Crippen molar-refractivity contribution in [1.82, 2.24) is 15.1 Å². The van der Waals surface area contributed by atoms with Gasteiger partial charge < -0.3 is 15.0 Å². The molecule has 8 heteroatoms. The molecular formula is C18H27N5O3. The van der Waals surface area contributed by atoms with E-state index in [-0.39, 0.29) is 10.6 Å². The summed E-state index contributed by atoms with van der Waals surface area (Å²) in [6.07, 6.45) is 1.13. The van der Waals surface area contributed by atoms with Crippen LogP contribution in [-0.4, -0.2) is 72.7 Å². The Morgan fingerprint density at radius 2 is 2.19 bits per heavy atom. The molecule has 1 aromatic rings. The number of likely N-dealkylation sites (tertiary alicyclic amines) is 1. The molecule has 2 aliphatic rings. The molecule has 2 heterocycles. The summed E-state index contributed by atoms with van der Waals surface area (Å²) < 4.78 is 5.45. The number of nitrogens with one attached hydrogen (secondary N) is 1. The van der Waals surface area contributed by atoms with Gasteiger partial charge in [0.2, 0.25) is 0 Å². The first-order valence-corrected chi connectivity index (χ1v) is 9.25. The predicted octanol–water partition coefficient (Wildman–Crippen LogP) is 1.47. The first-order chi connectivity index (χ1) is 12.7. The van der Waals surface area contributed by atoms with Crippen molar-refractivity contribution in [2.75, 3.05) is 45.9 Å². The number of morpholine rings is 1. The Bertz CT molecular complexity index is 645. The predicted molar refractivity (Wildman–Crippen MR) is 100 cm³/mol. The van der Waals surface area contributed by atoms with Gasteiger partial charge in [0.15, 0.2) is 5.96 Å². The highest BCUT2D eigenvalue weighted by Crippen LogP contribution is 2.18. The van der Waals surface area contributed by atoms with Crippen LogP contribution in [0.25, 0.3) is 0 Å². The molecule has 26 heavy (non-hydrogen) atoms. The molecule has 1 N–H and O–H groups in total.